The number of hydrogen-bond acceptors (Lipinski definition) is 4. The average Bonchev–Trinajstić information content (AvgIpc) is 3.35. The van der Waals surface area contributed by atoms with Gasteiger partial charge in [0, 0.05) is 5.56 Å². The maximum absolute atomic E-state index is 13.1. The SMILES string of the molecule is COc1ccc(/C=C2\N=C(C)N(c3cccc(-c4nc5ccccc5[nH]4)c3)C2=O)cc1. The summed E-state index contributed by atoms with van der Waals surface area (Å²) >= 11 is 0. The van der Waals surface area contributed by atoms with Crippen molar-refractivity contribution in [3.8, 4) is 17.1 Å². The van der Waals surface area contributed by atoms with Crippen molar-refractivity contribution >= 4 is 34.5 Å². The van der Waals surface area contributed by atoms with Crippen LogP contribution in [0.15, 0.2) is 83.5 Å². The molecule has 0 spiro atoms. The Morgan fingerprint density at radius 1 is 1.00 bits per heavy atom. The molecule has 2 heterocycles. The lowest BCUT2D eigenvalue weighted by Gasteiger charge is -2.16. The number of methoxy groups -OCH3 is 1. The Morgan fingerprint density at radius 2 is 1.81 bits per heavy atom. The summed E-state index contributed by atoms with van der Waals surface area (Å²) in [5.74, 6) is 2.00. The van der Waals surface area contributed by atoms with Gasteiger partial charge >= 0.3 is 0 Å². The number of hydrogen-bond donors (Lipinski definition) is 1. The van der Waals surface area contributed by atoms with Crippen LogP contribution in [-0.2, 0) is 4.79 Å². The number of rotatable bonds is 4. The standard InChI is InChI=1S/C25H20N4O2/c1-16-26-23(14-17-10-12-20(31-2)13-11-17)25(30)29(16)19-7-5-6-18(15-19)24-27-21-8-3-4-9-22(21)28-24/h3-15H,1-2H3,(H,27,28)/b23-14-. The van der Waals surface area contributed by atoms with Gasteiger partial charge in [-0.3, -0.25) is 9.69 Å². The first-order valence-corrected chi connectivity index (χ1v) is 9.93. The summed E-state index contributed by atoms with van der Waals surface area (Å²) in [4.78, 5) is 27.3. The van der Waals surface area contributed by atoms with Crippen molar-refractivity contribution in [2.75, 3.05) is 12.0 Å². The van der Waals surface area contributed by atoms with Crippen LogP contribution in [0.25, 0.3) is 28.5 Å². The van der Waals surface area contributed by atoms with Gasteiger partial charge in [0.2, 0.25) is 0 Å². The first-order valence-electron chi connectivity index (χ1n) is 9.93. The van der Waals surface area contributed by atoms with Crippen LogP contribution in [0.5, 0.6) is 5.75 Å². The molecule has 0 saturated carbocycles. The summed E-state index contributed by atoms with van der Waals surface area (Å²) in [7, 11) is 1.62. The van der Waals surface area contributed by atoms with Gasteiger partial charge in [0.15, 0.2) is 0 Å². The van der Waals surface area contributed by atoms with E-state index in [1.807, 2.05) is 79.7 Å². The third-order valence-electron chi connectivity index (χ3n) is 5.21. The number of H-pyrrole nitrogens is 1. The van der Waals surface area contributed by atoms with E-state index < -0.39 is 0 Å². The monoisotopic (exact) mass is 408 g/mol. The van der Waals surface area contributed by atoms with Crippen LogP contribution in [0.3, 0.4) is 0 Å². The number of nitrogens with zero attached hydrogens (tertiary/aromatic N) is 3. The summed E-state index contributed by atoms with van der Waals surface area (Å²) in [6.07, 6.45) is 1.79. The predicted octanol–water partition coefficient (Wildman–Crippen LogP) is 5.04. The molecule has 0 aliphatic carbocycles. The number of carbonyl (C=O) groups excluding carboxylic acids is 1. The molecule has 0 radical (unpaired) electrons. The molecular formula is C25H20N4O2. The molecule has 5 rings (SSSR count). The number of amidine groups is 1. The molecule has 0 atom stereocenters. The highest BCUT2D eigenvalue weighted by Crippen LogP contribution is 2.29. The summed E-state index contributed by atoms with van der Waals surface area (Å²) < 4.78 is 5.19. The first-order chi connectivity index (χ1) is 15.1. The van der Waals surface area contributed by atoms with E-state index in [-0.39, 0.29) is 5.91 Å². The predicted molar refractivity (Wildman–Crippen MR) is 123 cm³/mol. The van der Waals surface area contributed by atoms with Crippen LogP contribution in [0, 0.1) is 0 Å². The topological polar surface area (TPSA) is 70.6 Å². The first kappa shape index (κ1) is 18.8. The number of amides is 1. The Balaban J connectivity index is 1.46. The lowest BCUT2D eigenvalue weighted by Crippen LogP contribution is -2.30. The molecular weight excluding hydrogens is 388 g/mol. The fourth-order valence-electron chi connectivity index (χ4n) is 3.67. The molecule has 31 heavy (non-hydrogen) atoms. The second kappa shape index (κ2) is 7.57. The molecule has 4 aromatic rings. The van der Waals surface area contributed by atoms with Crippen molar-refractivity contribution in [3.63, 3.8) is 0 Å². The zero-order valence-corrected chi connectivity index (χ0v) is 17.2. The number of aromatic nitrogens is 2. The smallest absolute Gasteiger partial charge is 0.282 e. The molecule has 1 amide bonds. The highest BCUT2D eigenvalue weighted by atomic mass is 16.5. The molecule has 0 unspecified atom stereocenters. The maximum atomic E-state index is 13.1. The van der Waals surface area contributed by atoms with E-state index in [4.69, 9.17) is 4.74 Å². The number of aromatic amines is 1. The van der Waals surface area contributed by atoms with Gasteiger partial charge in [-0.1, -0.05) is 36.4 Å². The fourth-order valence-corrected chi connectivity index (χ4v) is 3.67. The third-order valence-corrected chi connectivity index (χ3v) is 5.21. The van der Waals surface area contributed by atoms with Crippen molar-refractivity contribution in [1.29, 1.82) is 0 Å². The Hall–Kier alpha value is -4.19. The molecule has 1 N–H and O–H groups in total. The maximum Gasteiger partial charge on any atom is 0.282 e. The Kier molecular flexibility index (Phi) is 4.59. The molecule has 6 heteroatoms. The molecule has 152 valence electrons. The van der Waals surface area contributed by atoms with Crippen LogP contribution in [0.2, 0.25) is 0 Å². The lowest BCUT2D eigenvalue weighted by atomic mass is 10.1. The minimum Gasteiger partial charge on any atom is -0.497 e. The number of anilines is 1. The Labute approximate surface area is 179 Å². The number of imidazole rings is 1. The second-order valence-electron chi connectivity index (χ2n) is 7.26. The third kappa shape index (κ3) is 3.48. The zero-order valence-electron chi connectivity index (χ0n) is 17.2. The molecule has 0 saturated heterocycles. The van der Waals surface area contributed by atoms with E-state index in [2.05, 4.69) is 15.0 Å². The fraction of sp³-hybridized carbons (Fsp3) is 0.0800. The van der Waals surface area contributed by atoms with Gasteiger partial charge in [0.05, 0.1) is 23.8 Å². The molecule has 1 aromatic heterocycles. The summed E-state index contributed by atoms with van der Waals surface area (Å²) in [5, 5.41) is 0. The van der Waals surface area contributed by atoms with Crippen LogP contribution < -0.4 is 9.64 Å². The highest BCUT2D eigenvalue weighted by molar-refractivity contribution is 6.28. The lowest BCUT2D eigenvalue weighted by molar-refractivity contribution is -0.113. The summed E-state index contributed by atoms with van der Waals surface area (Å²) in [5.41, 5.74) is 4.82. The summed E-state index contributed by atoms with van der Waals surface area (Å²) in [6.45, 7) is 1.83. The van der Waals surface area contributed by atoms with Crippen molar-refractivity contribution in [2.24, 2.45) is 4.99 Å². The van der Waals surface area contributed by atoms with Crippen LogP contribution >= 0.6 is 0 Å². The van der Waals surface area contributed by atoms with E-state index >= 15 is 0 Å². The number of aliphatic imine (C=N–C) groups is 1. The van der Waals surface area contributed by atoms with Crippen LogP contribution in [0.1, 0.15) is 12.5 Å². The van der Waals surface area contributed by atoms with E-state index in [1.165, 1.54) is 0 Å². The van der Waals surface area contributed by atoms with Gasteiger partial charge in [-0.2, -0.15) is 0 Å². The average molecular weight is 408 g/mol. The molecule has 3 aromatic carbocycles. The number of fused-ring (bicyclic) bond motifs is 1. The van der Waals surface area contributed by atoms with Crippen molar-refractivity contribution in [3.05, 3.63) is 84.1 Å². The normalized spacial score (nSPS) is 15.0. The molecule has 6 nitrogen and oxygen atoms in total. The van der Waals surface area contributed by atoms with Gasteiger partial charge < -0.3 is 9.72 Å². The summed E-state index contributed by atoms with van der Waals surface area (Å²) in [6, 6.07) is 23.2. The molecule has 0 bridgehead atoms. The van der Waals surface area contributed by atoms with Crippen LogP contribution in [-0.4, -0.2) is 28.8 Å². The number of nitrogens with one attached hydrogen (secondary N) is 1. The van der Waals surface area contributed by atoms with Gasteiger partial charge in [0.25, 0.3) is 5.91 Å². The van der Waals surface area contributed by atoms with E-state index in [1.54, 1.807) is 18.1 Å². The Bertz CT molecular complexity index is 1320. The van der Waals surface area contributed by atoms with Gasteiger partial charge in [-0.05, 0) is 55.0 Å². The molecule has 1 aliphatic rings. The van der Waals surface area contributed by atoms with E-state index in [0.29, 0.717) is 11.5 Å². The zero-order chi connectivity index (χ0) is 21.4. The quantitative estimate of drug-likeness (QED) is 0.481. The van der Waals surface area contributed by atoms with Crippen LogP contribution in [0.4, 0.5) is 5.69 Å². The van der Waals surface area contributed by atoms with Crippen molar-refractivity contribution in [2.45, 2.75) is 6.92 Å². The Morgan fingerprint density at radius 3 is 2.58 bits per heavy atom. The van der Waals surface area contributed by atoms with Gasteiger partial charge in [-0.15, -0.1) is 0 Å². The van der Waals surface area contributed by atoms with Crippen molar-refractivity contribution < 1.29 is 9.53 Å². The second-order valence-corrected chi connectivity index (χ2v) is 7.26. The number of ether oxygens (including phenoxy) is 1. The minimum absolute atomic E-state index is 0.157. The number of para-hydroxylation sites is 2. The van der Waals surface area contributed by atoms with Gasteiger partial charge in [-0.25, -0.2) is 9.98 Å². The number of benzene rings is 3. The van der Waals surface area contributed by atoms with E-state index in [0.717, 1.165) is 39.4 Å². The minimum atomic E-state index is -0.157. The van der Waals surface area contributed by atoms with Gasteiger partial charge in [0.1, 0.15) is 23.1 Å². The molecule has 1 aliphatic heterocycles. The largest absolute Gasteiger partial charge is 0.497 e. The highest BCUT2D eigenvalue weighted by Gasteiger charge is 2.29. The van der Waals surface area contributed by atoms with Crippen molar-refractivity contribution in [1.82, 2.24) is 9.97 Å². The number of carbonyl (C=O) groups is 1. The molecule has 0 fully saturated rings. The van der Waals surface area contributed by atoms with E-state index in [9.17, 15) is 4.79 Å².